The van der Waals surface area contributed by atoms with Crippen molar-refractivity contribution in [3.8, 4) is 0 Å². The Hall–Kier alpha value is -1.85. The monoisotopic (exact) mass is 350 g/mol. The maximum absolute atomic E-state index is 12.6. The van der Waals surface area contributed by atoms with Crippen molar-refractivity contribution >= 4 is 17.9 Å². The van der Waals surface area contributed by atoms with Gasteiger partial charge < -0.3 is 14.6 Å². The smallest absolute Gasteiger partial charge is 0.333 e. The SMILES string of the molecule is C=C(C)C(=O)OCC12CC3(C)CC(C(=O)O)(C1)CC(C(=O)OC)(C3)C2. The van der Waals surface area contributed by atoms with Crippen LogP contribution in [0.1, 0.15) is 52.4 Å². The molecule has 4 rings (SSSR count). The zero-order valence-corrected chi connectivity index (χ0v) is 15.1. The van der Waals surface area contributed by atoms with Gasteiger partial charge in [0.2, 0.25) is 0 Å². The summed E-state index contributed by atoms with van der Waals surface area (Å²) < 4.78 is 10.5. The van der Waals surface area contributed by atoms with Gasteiger partial charge in [0.15, 0.2) is 0 Å². The molecule has 6 heteroatoms. The highest BCUT2D eigenvalue weighted by Gasteiger charge is 2.71. The minimum atomic E-state index is -0.951. The second kappa shape index (κ2) is 5.32. The van der Waals surface area contributed by atoms with E-state index in [2.05, 4.69) is 13.5 Å². The Balaban J connectivity index is 2.00. The van der Waals surface area contributed by atoms with Crippen molar-refractivity contribution in [1.82, 2.24) is 0 Å². The lowest BCUT2D eigenvalue weighted by Crippen LogP contribution is -2.65. The van der Waals surface area contributed by atoms with E-state index in [-0.39, 0.29) is 18.0 Å². The fourth-order valence-electron chi connectivity index (χ4n) is 6.53. The fourth-order valence-corrected chi connectivity index (χ4v) is 6.53. The second-order valence-electron chi connectivity index (χ2n) is 9.09. The average molecular weight is 350 g/mol. The van der Waals surface area contributed by atoms with Gasteiger partial charge in [0.05, 0.1) is 24.5 Å². The number of carbonyl (C=O) groups excluding carboxylic acids is 2. The number of ether oxygens (including phenoxy) is 2. The van der Waals surface area contributed by atoms with Crippen molar-refractivity contribution in [3.05, 3.63) is 12.2 Å². The van der Waals surface area contributed by atoms with E-state index in [1.54, 1.807) is 6.92 Å². The van der Waals surface area contributed by atoms with E-state index >= 15 is 0 Å². The van der Waals surface area contributed by atoms with Gasteiger partial charge in [-0.25, -0.2) is 4.79 Å². The molecule has 4 fully saturated rings. The molecule has 4 unspecified atom stereocenters. The molecule has 0 amide bonds. The van der Waals surface area contributed by atoms with Gasteiger partial charge in [-0.05, 0) is 50.9 Å². The van der Waals surface area contributed by atoms with Crippen LogP contribution in [0.15, 0.2) is 12.2 Å². The van der Waals surface area contributed by atoms with Gasteiger partial charge in [0.1, 0.15) is 0 Å². The summed E-state index contributed by atoms with van der Waals surface area (Å²) in [6, 6.07) is 0. The van der Waals surface area contributed by atoms with Crippen molar-refractivity contribution in [1.29, 1.82) is 0 Å². The first-order valence-corrected chi connectivity index (χ1v) is 8.64. The van der Waals surface area contributed by atoms with Gasteiger partial charge in [0.25, 0.3) is 0 Å². The molecule has 0 aromatic heterocycles. The zero-order chi connectivity index (χ0) is 18.7. The number of hydrogen-bond acceptors (Lipinski definition) is 5. The highest BCUT2D eigenvalue weighted by atomic mass is 16.5. The van der Waals surface area contributed by atoms with E-state index in [0.29, 0.717) is 37.7 Å². The standard InChI is InChI=1S/C19H26O6/c1-12(2)13(20)25-11-17-5-16(3)6-18(8-17,14(21)22)10-19(7-16,9-17)15(23)24-4/h1,5-11H2,2-4H3,(H,21,22). The Labute approximate surface area is 147 Å². The van der Waals surface area contributed by atoms with Crippen LogP contribution in [0.3, 0.4) is 0 Å². The zero-order valence-electron chi connectivity index (χ0n) is 15.1. The van der Waals surface area contributed by atoms with E-state index in [9.17, 15) is 19.5 Å². The minimum Gasteiger partial charge on any atom is -0.481 e. The Morgan fingerprint density at radius 1 is 1.04 bits per heavy atom. The van der Waals surface area contributed by atoms with E-state index < -0.39 is 28.2 Å². The van der Waals surface area contributed by atoms with Crippen LogP contribution < -0.4 is 0 Å². The summed E-state index contributed by atoms with van der Waals surface area (Å²) in [5.74, 6) is -1.67. The first-order chi connectivity index (χ1) is 11.5. The van der Waals surface area contributed by atoms with E-state index in [0.717, 1.165) is 6.42 Å². The molecule has 0 saturated heterocycles. The molecule has 0 aromatic carbocycles. The summed E-state index contributed by atoms with van der Waals surface area (Å²) in [5.41, 5.74) is -2.20. The van der Waals surface area contributed by atoms with Crippen LogP contribution in [0.4, 0.5) is 0 Å². The van der Waals surface area contributed by atoms with Crippen molar-refractivity contribution < 1.29 is 29.0 Å². The maximum atomic E-state index is 12.6. The van der Waals surface area contributed by atoms with Crippen molar-refractivity contribution in [2.45, 2.75) is 52.4 Å². The summed E-state index contributed by atoms with van der Waals surface area (Å²) in [7, 11) is 1.35. The number of hydrogen-bond donors (Lipinski definition) is 1. The van der Waals surface area contributed by atoms with Crippen LogP contribution in [-0.4, -0.2) is 36.7 Å². The van der Waals surface area contributed by atoms with Gasteiger partial charge >= 0.3 is 17.9 Å². The lowest BCUT2D eigenvalue weighted by Gasteiger charge is -2.67. The third kappa shape index (κ3) is 2.66. The molecule has 25 heavy (non-hydrogen) atoms. The molecule has 6 nitrogen and oxygen atoms in total. The molecule has 4 aliphatic rings. The van der Waals surface area contributed by atoms with Crippen LogP contribution >= 0.6 is 0 Å². The molecule has 4 bridgehead atoms. The van der Waals surface area contributed by atoms with Crippen LogP contribution in [0.5, 0.6) is 0 Å². The van der Waals surface area contributed by atoms with Crippen LogP contribution in [0.2, 0.25) is 0 Å². The number of rotatable bonds is 5. The number of carboxylic acids is 1. The molecule has 0 aromatic rings. The van der Waals surface area contributed by atoms with Gasteiger partial charge in [-0.15, -0.1) is 0 Å². The highest BCUT2D eigenvalue weighted by Crippen LogP contribution is 2.74. The number of carbonyl (C=O) groups is 3. The molecule has 0 radical (unpaired) electrons. The Morgan fingerprint density at radius 3 is 2.20 bits per heavy atom. The van der Waals surface area contributed by atoms with Gasteiger partial charge in [-0.1, -0.05) is 13.5 Å². The average Bonchev–Trinajstić information content (AvgIpc) is 2.49. The van der Waals surface area contributed by atoms with Gasteiger partial charge in [0, 0.05) is 11.0 Å². The number of esters is 2. The topological polar surface area (TPSA) is 89.9 Å². The minimum absolute atomic E-state index is 0.127. The number of aliphatic carboxylic acids is 1. The van der Waals surface area contributed by atoms with Crippen LogP contribution in [0, 0.1) is 21.7 Å². The molecule has 0 aliphatic heterocycles. The van der Waals surface area contributed by atoms with Crippen molar-refractivity contribution in [3.63, 3.8) is 0 Å². The molecule has 1 N–H and O–H groups in total. The third-order valence-corrected chi connectivity index (χ3v) is 6.37. The Morgan fingerprint density at radius 2 is 1.64 bits per heavy atom. The molecule has 4 atom stereocenters. The summed E-state index contributed by atoms with van der Waals surface area (Å²) in [4.78, 5) is 36.7. The lowest BCUT2D eigenvalue weighted by atomic mass is 9.36. The van der Waals surface area contributed by atoms with E-state index in [4.69, 9.17) is 9.47 Å². The summed E-state index contributed by atoms with van der Waals surface area (Å²) in [5, 5.41) is 9.97. The quantitative estimate of drug-likeness (QED) is 0.606. The third-order valence-electron chi connectivity index (χ3n) is 6.37. The van der Waals surface area contributed by atoms with Crippen molar-refractivity contribution in [2.75, 3.05) is 13.7 Å². The van der Waals surface area contributed by atoms with Crippen LogP contribution in [0.25, 0.3) is 0 Å². The Kier molecular flexibility index (Phi) is 3.82. The lowest BCUT2D eigenvalue weighted by molar-refractivity contribution is -0.227. The van der Waals surface area contributed by atoms with E-state index in [1.165, 1.54) is 7.11 Å². The molecule has 4 saturated carbocycles. The number of carboxylic acid groups (broad SMARTS) is 1. The summed E-state index contributed by atoms with van der Waals surface area (Å²) in [6.07, 6.45) is 3.22. The van der Waals surface area contributed by atoms with Crippen molar-refractivity contribution in [2.24, 2.45) is 21.7 Å². The van der Waals surface area contributed by atoms with Crippen LogP contribution in [-0.2, 0) is 23.9 Å². The second-order valence-corrected chi connectivity index (χ2v) is 9.09. The Bertz CT molecular complexity index is 669. The highest BCUT2D eigenvalue weighted by molar-refractivity contribution is 5.87. The maximum Gasteiger partial charge on any atom is 0.333 e. The number of methoxy groups -OCH3 is 1. The predicted octanol–water partition coefficient (Wildman–Crippen LogP) is 2.71. The van der Waals surface area contributed by atoms with Gasteiger partial charge in [-0.3, -0.25) is 9.59 Å². The molecular formula is C19H26O6. The first kappa shape index (κ1) is 18.0. The van der Waals surface area contributed by atoms with Gasteiger partial charge in [-0.2, -0.15) is 0 Å². The van der Waals surface area contributed by atoms with E-state index in [1.807, 2.05) is 0 Å². The first-order valence-electron chi connectivity index (χ1n) is 8.64. The molecule has 4 aliphatic carbocycles. The molecule has 0 heterocycles. The largest absolute Gasteiger partial charge is 0.481 e. The molecule has 0 spiro atoms. The predicted molar refractivity (Wildman–Crippen MR) is 88.5 cm³/mol. The normalized spacial score (nSPS) is 41.2. The molecular weight excluding hydrogens is 324 g/mol. The summed E-state index contributed by atoms with van der Waals surface area (Å²) >= 11 is 0. The summed E-state index contributed by atoms with van der Waals surface area (Å²) in [6.45, 7) is 7.35. The fraction of sp³-hybridized carbons (Fsp3) is 0.737. The molecule has 138 valence electrons.